The monoisotopic (exact) mass is 308 g/mol. The minimum absolute atomic E-state index is 0.159. The molecule has 19 heavy (non-hydrogen) atoms. The van der Waals surface area contributed by atoms with Gasteiger partial charge in [0.1, 0.15) is 0 Å². The summed E-state index contributed by atoms with van der Waals surface area (Å²) in [7, 11) is 4.57. The van der Waals surface area contributed by atoms with Crippen LogP contribution in [0.5, 0.6) is 0 Å². The Morgan fingerprint density at radius 3 is 2.32 bits per heavy atom. The number of methoxy groups -OCH3 is 3. The molecule has 0 amide bonds. The van der Waals surface area contributed by atoms with E-state index in [4.69, 9.17) is 21.1 Å². The Kier molecular flexibility index (Phi) is 7.07. The zero-order valence-electron chi connectivity index (χ0n) is 11.1. The van der Waals surface area contributed by atoms with Crippen LogP contribution in [0.3, 0.4) is 0 Å². The molecule has 0 aliphatic rings. The van der Waals surface area contributed by atoms with Gasteiger partial charge in [0.15, 0.2) is 15.2 Å². The molecule has 0 aliphatic carbocycles. The lowest BCUT2D eigenvalue weighted by atomic mass is 10.5. The summed E-state index contributed by atoms with van der Waals surface area (Å²) in [4.78, 5) is 17.9. The number of hydrogen-bond donors (Lipinski definition) is 0. The van der Waals surface area contributed by atoms with Crippen molar-refractivity contribution in [3.05, 3.63) is 10.0 Å². The number of rotatable bonds is 8. The molecule has 1 aromatic rings. The van der Waals surface area contributed by atoms with Crippen LogP contribution in [0.4, 0.5) is 5.13 Å². The molecule has 1 heterocycles. The fraction of sp³-hybridized carbons (Fsp3) is 0.636. The number of esters is 1. The van der Waals surface area contributed by atoms with E-state index in [1.165, 1.54) is 18.4 Å². The maximum absolute atomic E-state index is 11.5. The third kappa shape index (κ3) is 4.61. The summed E-state index contributed by atoms with van der Waals surface area (Å²) in [5.74, 6) is -0.479. The van der Waals surface area contributed by atoms with Gasteiger partial charge in [-0.25, -0.2) is 9.78 Å². The molecular weight excluding hydrogens is 292 g/mol. The summed E-state index contributed by atoms with van der Waals surface area (Å²) in [6, 6.07) is 0. The van der Waals surface area contributed by atoms with Crippen molar-refractivity contribution in [2.45, 2.75) is 0 Å². The van der Waals surface area contributed by atoms with Crippen LogP contribution in [0.25, 0.3) is 0 Å². The summed E-state index contributed by atoms with van der Waals surface area (Å²) < 4.78 is 14.7. The van der Waals surface area contributed by atoms with Gasteiger partial charge in [-0.15, -0.1) is 0 Å². The van der Waals surface area contributed by atoms with E-state index >= 15 is 0 Å². The van der Waals surface area contributed by atoms with E-state index in [1.54, 1.807) is 14.2 Å². The molecule has 0 radical (unpaired) electrons. The number of carbonyl (C=O) groups is 1. The highest BCUT2D eigenvalue weighted by Crippen LogP contribution is 2.30. The number of nitrogens with zero attached hydrogens (tertiary/aromatic N) is 2. The molecule has 0 aromatic carbocycles. The number of thiazole rings is 1. The predicted molar refractivity (Wildman–Crippen MR) is 74.4 cm³/mol. The van der Waals surface area contributed by atoms with E-state index < -0.39 is 5.97 Å². The van der Waals surface area contributed by atoms with Gasteiger partial charge in [-0.1, -0.05) is 22.9 Å². The maximum atomic E-state index is 11.5. The van der Waals surface area contributed by atoms with Crippen molar-refractivity contribution in [3.8, 4) is 0 Å². The summed E-state index contributed by atoms with van der Waals surface area (Å²) in [6.45, 7) is 2.39. The highest BCUT2D eigenvalue weighted by molar-refractivity contribution is 7.18. The van der Waals surface area contributed by atoms with Gasteiger partial charge in [0.2, 0.25) is 0 Å². The number of ether oxygens (including phenoxy) is 3. The van der Waals surface area contributed by atoms with E-state index in [1.807, 2.05) is 4.90 Å². The minimum Gasteiger partial charge on any atom is -0.465 e. The molecule has 0 bridgehead atoms. The number of carbonyl (C=O) groups excluding carboxylic acids is 1. The molecule has 108 valence electrons. The molecular formula is C11H17ClN2O4S. The van der Waals surface area contributed by atoms with Crippen molar-refractivity contribution in [1.29, 1.82) is 0 Å². The first-order chi connectivity index (χ1) is 9.13. The van der Waals surface area contributed by atoms with Gasteiger partial charge in [-0.3, -0.25) is 0 Å². The van der Waals surface area contributed by atoms with Crippen LogP contribution in [0.2, 0.25) is 5.15 Å². The van der Waals surface area contributed by atoms with Gasteiger partial charge >= 0.3 is 5.97 Å². The highest BCUT2D eigenvalue weighted by Gasteiger charge is 2.20. The van der Waals surface area contributed by atoms with Crippen LogP contribution in [-0.4, -0.2) is 58.6 Å². The second-order valence-electron chi connectivity index (χ2n) is 3.58. The number of halogens is 1. The quantitative estimate of drug-likeness (QED) is 0.681. The Labute approximate surface area is 121 Å². The lowest BCUT2D eigenvalue weighted by molar-refractivity contribution is 0.0606. The number of aromatic nitrogens is 1. The molecule has 8 heteroatoms. The summed E-state index contributed by atoms with van der Waals surface area (Å²) in [5, 5.41) is 0.811. The van der Waals surface area contributed by atoms with Crippen molar-refractivity contribution in [2.24, 2.45) is 0 Å². The molecule has 0 aliphatic heterocycles. The van der Waals surface area contributed by atoms with E-state index in [0.717, 1.165) is 0 Å². The Morgan fingerprint density at radius 2 is 1.84 bits per heavy atom. The van der Waals surface area contributed by atoms with Crippen LogP contribution in [-0.2, 0) is 14.2 Å². The van der Waals surface area contributed by atoms with E-state index in [2.05, 4.69) is 9.72 Å². The topological polar surface area (TPSA) is 60.9 Å². The fourth-order valence-corrected chi connectivity index (χ4v) is 2.60. The summed E-state index contributed by atoms with van der Waals surface area (Å²) in [5.41, 5.74) is 0. The second kappa shape index (κ2) is 8.31. The molecule has 0 atom stereocenters. The van der Waals surface area contributed by atoms with E-state index in [9.17, 15) is 4.79 Å². The van der Waals surface area contributed by atoms with Gasteiger partial charge in [-0.2, -0.15) is 0 Å². The first-order valence-electron chi connectivity index (χ1n) is 5.61. The third-order valence-corrected chi connectivity index (χ3v) is 3.83. The Balaban J connectivity index is 2.85. The zero-order valence-corrected chi connectivity index (χ0v) is 12.7. The average molecular weight is 309 g/mol. The van der Waals surface area contributed by atoms with Crippen molar-refractivity contribution < 1.29 is 19.0 Å². The van der Waals surface area contributed by atoms with Crippen molar-refractivity contribution in [3.63, 3.8) is 0 Å². The van der Waals surface area contributed by atoms with Crippen LogP contribution >= 0.6 is 22.9 Å². The smallest absolute Gasteiger partial charge is 0.351 e. The zero-order chi connectivity index (χ0) is 14.3. The SMILES string of the molecule is COCCN(CCOC)c1nc(Cl)c(C(=O)OC)s1. The predicted octanol–water partition coefficient (Wildman–Crippen LogP) is 1.68. The minimum atomic E-state index is -0.479. The van der Waals surface area contributed by atoms with Crippen molar-refractivity contribution in [1.82, 2.24) is 4.98 Å². The largest absolute Gasteiger partial charge is 0.465 e. The molecule has 0 unspecified atom stereocenters. The first-order valence-corrected chi connectivity index (χ1v) is 6.81. The molecule has 0 spiro atoms. The normalized spacial score (nSPS) is 10.5. The fourth-order valence-electron chi connectivity index (χ4n) is 1.35. The molecule has 0 fully saturated rings. The first kappa shape index (κ1) is 16.2. The summed E-state index contributed by atoms with van der Waals surface area (Å²) >= 11 is 7.14. The van der Waals surface area contributed by atoms with Gasteiger partial charge in [0.25, 0.3) is 0 Å². The second-order valence-corrected chi connectivity index (χ2v) is 4.92. The maximum Gasteiger partial charge on any atom is 0.351 e. The van der Waals surface area contributed by atoms with E-state index in [-0.39, 0.29) is 5.15 Å². The van der Waals surface area contributed by atoms with Crippen molar-refractivity contribution in [2.75, 3.05) is 52.5 Å². The van der Waals surface area contributed by atoms with E-state index in [0.29, 0.717) is 36.3 Å². The molecule has 1 rings (SSSR count). The molecule has 6 nitrogen and oxygen atoms in total. The molecule has 0 saturated heterocycles. The Hall–Kier alpha value is -0.890. The molecule has 1 aromatic heterocycles. The molecule has 0 N–H and O–H groups in total. The van der Waals surface area contributed by atoms with Crippen molar-refractivity contribution >= 4 is 34.0 Å². The lowest BCUT2D eigenvalue weighted by Gasteiger charge is -2.20. The van der Waals surface area contributed by atoms with Gasteiger partial charge in [0.05, 0.1) is 20.3 Å². The van der Waals surface area contributed by atoms with Gasteiger partial charge < -0.3 is 19.1 Å². The third-order valence-electron chi connectivity index (χ3n) is 2.35. The Bertz CT molecular complexity index is 405. The van der Waals surface area contributed by atoms with Crippen LogP contribution in [0, 0.1) is 0 Å². The van der Waals surface area contributed by atoms with Gasteiger partial charge in [-0.05, 0) is 0 Å². The average Bonchev–Trinajstić information content (AvgIpc) is 2.80. The summed E-state index contributed by atoms with van der Waals surface area (Å²) in [6.07, 6.45) is 0. The highest BCUT2D eigenvalue weighted by atomic mass is 35.5. The standard InChI is InChI=1S/C11H17ClN2O4S/c1-16-6-4-14(5-7-17-2)11-13-9(12)8(19-11)10(15)18-3/h4-7H2,1-3H3. The van der Waals surface area contributed by atoms with Crippen LogP contribution < -0.4 is 4.90 Å². The number of anilines is 1. The Morgan fingerprint density at radius 1 is 1.26 bits per heavy atom. The van der Waals surface area contributed by atoms with Gasteiger partial charge in [0, 0.05) is 27.3 Å². The molecule has 0 saturated carbocycles. The van der Waals surface area contributed by atoms with Crippen LogP contribution in [0.15, 0.2) is 0 Å². The number of hydrogen-bond acceptors (Lipinski definition) is 7. The lowest BCUT2D eigenvalue weighted by Crippen LogP contribution is -2.30. The van der Waals surface area contributed by atoms with Crippen LogP contribution in [0.1, 0.15) is 9.67 Å².